The molecule has 2 aromatic rings. The molecule has 2 aromatic carbocycles. The van der Waals surface area contributed by atoms with E-state index in [1.807, 2.05) is 20.8 Å². The molecule has 118 valence electrons. The summed E-state index contributed by atoms with van der Waals surface area (Å²) in [6, 6.07) is 10.4. The van der Waals surface area contributed by atoms with Gasteiger partial charge in [-0.25, -0.2) is 0 Å². The van der Waals surface area contributed by atoms with E-state index in [0.29, 0.717) is 11.7 Å². The Labute approximate surface area is 133 Å². The molecule has 2 nitrogen and oxygen atoms in total. The van der Waals surface area contributed by atoms with Gasteiger partial charge in [-0.2, -0.15) is 0 Å². The quantitative estimate of drug-likeness (QED) is 0.868. The second-order valence-corrected chi connectivity index (χ2v) is 6.45. The summed E-state index contributed by atoms with van der Waals surface area (Å²) < 4.78 is 0. The molecule has 2 N–H and O–H groups in total. The highest BCUT2D eigenvalue weighted by Crippen LogP contribution is 2.37. The van der Waals surface area contributed by atoms with Crippen LogP contribution in [-0.4, -0.2) is 16.8 Å². The number of aliphatic hydroxyl groups is 1. The van der Waals surface area contributed by atoms with Crippen molar-refractivity contribution in [3.63, 3.8) is 0 Å². The van der Waals surface area contributed by atoms with Gasteiger partial charge in [0.2, 0.25) is 0 Å². The third kappa shape index (κ3) is 3.02. The maximum absolute atomic E-state index is 10.6. The van der Waals surface area contributed by atoms with Crippen molar-refractivity contribution >= 4 is 0 Å². The summed E-state index contributed by atoms with van der Waals surface area (Å²) in [5, 5.41) is 20.5. The summed E-state index contributed by atoms with van der Waals surface area (Å²) in [4.78, 5) is 0. The number of rotatable bonds is 4. The molecule has 0 spiro atoms. The van der Waals surface area contributed by atoms with E-state index >= 15 is 0 Å². The fourth-order valence-electron chi connectivity index (χ4n) is 3.00. The lowest BCUT2D eigenvalue weighted by atomic mass is 9.85. The van der Waals surface area contributed by atoms with Crippen molar-refractivity contribution in [3.05, 3.63) is 63.7 Å². The average Bonchev–Trinajstić information content (AvgIpc) is 2.49. The molecule has 0 aliphatic heterocycles. The lowest BCUT2D eigenvalue weighted by Gasteiger charge is -2.22. The molecule has 0 aromatic heterocycles. The van der Waals surface area contributed by atoms with Crippen molar-refractivity contribution in [2.45, 2.75) is 46.5 Å². The van der Waals surface area contributed by atoms with Crippen LogP contribution in [0.5, 0.6) is 5.75 Å². The lowest BCUT2D eigenvalue weighted by Crippen LogP contribution is -2.09. The number of phenolic OH excluding ortho intramolecular Hbond substituents is 1. The van der Waals surface area contributed by atoms with E-state index in [4.69, 9.17) is 0 Å². The number of aliphatic hydroxyl groups excluding tert-OH is 1. The maximum Gasteiger partial charge on any atom is 0.122 e. The smallest absolute Gasteiger partial charge is 0.122 e. The number of benzene rings is 2. The van der Waals surface area contributed by atoms with Gasteiger partial charge in [0.15, 0.2) is 0 Å². The first-order valence-corrected chi connectivity index (χ1v) is 7.87. The second-order valence-electron chi connectivity index (χ2n) is 6.45. The van der Waals surface area contributed by atoms with Gasteiger partial charge in [0, 0.05) is 11.5 Å². The minimum absolute atomic E-state index is 0.0159. The monoisotopic (exact) mass is 298 g/mol. The van der Waals surface area contributed by atoms with Gasteiger partial charge in [0.25, 0.3) is 0 Å². The van der Waals surface area contributed by atoms with Crippen LogP contribution in [-0.2, 0) is 0 Å². The molecule has 2 heteroatoms. The van der Waals surface area contributed by atoms with Gasteiger partial charge in [-0.15, -0.1) is 0 Å². The van der Waals surface area contributed by atoms with Gasteiger partial charge < -0.3 is 10.2 Å². The first-order chi connectivity index (χ1) is 10.4. The summed E-state index contributed by atoms with van der Waals surface area (Å²) in [6.07, 6.45) is 0. The molecule has 1 unspecified atom stereocenters. The van der Waals surface area contributed by atoms with Gasteiger partial charge in [0.05, 0.1) is 6.61 Å². The SMILES string of the molecule is Cc1cc(C)c(C(CO)c2ccc(C(C)C)cc2)c(O)c1C. The molecule has 1 atom stereocenters. The van der Waals surface area contributed by atoms with Crippen LogP contribution >= 0.6 is 0 Å². The summed E-state index contributed by atoms with van der Waals surface area (Å²) in [5.41, 5.74) is 6.13. The van der Waals surface area contributed by atoms with Crippen LogP contribution in [0.15, 0.2) is 30.3 Å². The predicted octanol–water partition coefficient (Wildman–Crippen LogP) is 4.57. The molecule has 0 radical (unpaired) electrons. The fourth-order valence-corrected chi connectivity index (χ4v) is 3.00. The standard InChI is InChI=1S/C20H26O2/c1-12(2)16-6-8-17(9-7-16)18(11-21)19-14(4)10-13(3)15(5)20(19)22/h6-10,12,18,21-22H,11H2,1-5H3. The lowest BCUT2D eigenvalue weighted by molar-refractivity contribution is 0.277. The van der Waals surface area contributed by atoms with Crippen LogP contribution in [0, 0.1) is 20.8 Å². The molecule has 0 aliphatic carbocycles. The molecule has 0 fully saturated rings. The Balaban J connectivity index is 2.51. The zero-order chi connectivity index (χ0) is 16.4. The van der Waals surface area contributed by atoms with Crippen molar-refractivity contribution in [2.24, 2.45) is 0 Å². The minimum atomic E-state index is -0.194. The molecule has 0 heterocycles. The number of aromatic hydroxyl groups is 1. The van der Waals surface area contributed by atoms with Crippen LogP contribution in [0.25, 0.3) is 0 Å². The Morgan fingerprint density at radius 2 is 1.45 bits per heavy atom. The zero-order valence-electron chi connectivity index (χ0n) is 14.1. The highest BCUT2D eigenvalue weighted by atomic mass is 16.3. The molecule has 0 aliphatic rings. The molecule has 0 amide bonds. The Bertz CT molecular complexity index is 654. The van der Waals surface area contributed by atoms with Crippen molar-refractivity contribution in [1.82, 2.24) is 0 Å². The number of phenols is 1. The van der Waals surface area contributed by atoms with E-state index in [0.717, 1.165) is 27.8 Å². The fraction of sp³-hybridized carbons (Fsp3) is 0.400. The van der Waals surface area contributed by atoms with Crippen LogP contribution in [0.4, 0.5) is 0 Å². The summed E-state index contributed by atoms with van der Waals surface area (Å²) in [7, 11) is 0. The van der Waals surface area contributed by atoms with E-state index in [2.05, 4.69) is 44.2 Å². The molecule has 2 rings (SSSR count). The molecule has 22 heavy (non-hydrogen) atoms. The van der Waals surface area contributed by atoms with E-state index in [9.17, 15) is 10.2 Å². The van der Waals surface area contributed by atoms with E-state index < -0.39 is 0 Å². The van der Waals surface area contributed by atoms with Crippen molar-refractivity contribution in [1.29, 1.82) is 0 Å². The van der Waals surface area contributed by atoms with Crippen LogP contribution in [0.2, 0.25) is 0 Å². The van der Waals surface area contributed by atoms with Gasteiger partial charge in [-0.05, 0) is 54.5 Å². The molecular weight excluding hydrogens is 272 g/mol. The van der Waals surface area contributed by atoms with E-state index in [1.54, 1.807) is 0 Å². The third-order valence-electron chi connectivity index (χ3n) is 4.60. The summed E-state index contributed by atoms with van der Waals surface area (Å²) in [5.74, 6) is 0.600. The van der Waals surface area contributed by atoms with Crippen molar-refractivity contribution in [2.75, 3.05) is 6.61 Å². The second kappa shape index (κ2) is 6.53. The molecular formula is C20H26O2. The topological polar surface area (TPSA) is 40.5 Å². The van der Waals surface area contributed by atoms with Gasteiger partial charge >= 0.3 is 0 Å². The first-order valence-electron chi connectivity index (χ1n) is 7.87. The highest BCUT2D eigenvalue weighted by molar-refractivity contribution is 5.53. The van der Waals surface area contributed by atoms with Gasteiger partial charge in [0.1, 0.15) is 5.75 Å². The number of hydrogen-bond acceptors (Lipinski definition) is 2. The van der Waals surface area contributed by atoms with Crippen molar-refractivity contribution in [3.8, 4) is 5.75 Å². The Morgan fingerprint density at radius 1 is 0.909 bits per heavy atom. The number of hydrogen-bond donors (Lipinski definition) is 2. The van der Waals surface area contributed by atoms with Crippen LogP contribution in [0.3, 0.4) is 0 Å². The van der Waals surface area contributed by atoms with Crippen molar-refractivity contribution < 1.29 is 10.2 Å². The highest BCUT2D eigenvalue weighted by Gasteiger charge is 2.21. The largest absolute Gasteiger partial charge is 0.507 e. The Kier molecular flexibility index (Phi) is 4.92. The zero-order valence-corrected chi connectivity index (χ0v) is 14.1. The Hall–Kier alpha value is -1.80. The maximum atomic E-state index is 10.6. The van der Waals surface area contributed by atoms with E-state index in [-0.39, 0.29) is 12.5 Å². The third-order valence-corrected chi connectivity index (χ3v) is 4.60. The summed E-state index contributed by atoms with van der Waals surface area (Å²) in [6.45, 7) is 10.2. The molecule has 0 bridgehead atoms. The van der Waals surface area contributed by atoms with Gasteiger partial charge in [-0.1, -0.05) is 44.2 Å². The van der Waals surface area contributed by atoms with Crippen LogP contribution < -0.4 is 0 Å². The normalized spacial score (nSPS) is 12.7. The predicted molar refractivity (Wildman–Crippen MR) is 91.8 cm³/mol. The van der Waals surface area contributed by atoms with Gasteiger partial charge in [-0.3, -0.25) is 0 Å². The summed E-state index contributed by atoms with van der Waals surface area (Å²) >= 11 is 0. The Morgan fingerprint density at radius 3 is 1.95 bits per heavy atom. The van der Waals surface area contributed by atoms with Crippen LogP contribution in [0.1, 0.15) is 59.1 Å². The average molecular weight is 298 g/mol. The van der Waals surface area contributed by atoms with E-state index in [1.165, 1.54) is 5.56 Å². The first kappa shape index (κ1) is 16.6. The molecule has 0 saturated heterocycles. The molecule has 0 saturated carbocycles. The number of aryl methyl sites for hydroxylation is 2. The minimum Gasteiger partial charge on any atom is -0.507 e.